The van der Waals surface area contributed by atoms with Crippen LogP contribution in [0.15, 0.2) is 54.9 Å². The van der Waals surface area contributed by atoms with Crippen molar-refractivity contribution in [1.29, 1.82) is 0 Å². The topological polar surface area (TPSA) is 152 Å². The molecule has 4 aromatic rings. The molecule has 0 aliphatic carbocycles. The first-order chi connectivity index (χ1) is 17.9. The molecule has 1 fully saturated rings. The number of aromatic nitrogens is 4. The van der Waals surface area contributed by atoms with Crippen LogP contribution in [-0.2, 0) is 11.3 Å². The number of aryl methyl sites for hydroxylation is 2. The zero-order chi connectivity index (χ0) is 26.1. The largest absolute Gasteiger partial charge is 0.394 e. The van der Waals surface area contributed by atoms with E-state index >= 15 is 0 Å². The summed E-state index contributed by atoms with van der Waals surface area (Å²) < 4.78 is 7.24. The number of rotatable bonds is 8. The molecule has 3 heterocycles. The molecule has 1 saturated heterocycles. The number of ether oxygens (including phenoxy) is 1. The van der Waals surface area contributed by atoms with Gasteiger partial charge in [0, 0.05) is 12.5 Å². The molecular formula is C27H32N6O4. The van der Waals surface area contributed by atoms with Crippen molar-refractivity contribution in [1.82, 2.24) is 19.5 Å². The number of fused-ring (bicyclic) bond motifs is 1. The van der Waals surface area contributed by atoms with Crippen LogP contribution in [0.25, 0.3) is 11.2 Å². The predicted molar refractivity (Wildman–Crippen MR) is 139 cm³/mol. The minimum Gasteiger partial charge on any atom is -0.394 e. The van der Waals surface area contributed by atoms with Gasteiger partial charge in [-0.15, -0.1) is 0 Å². The maximum Gasteiger partial charge on any atom is 0.168 e. The summed E-state index contributed by atoms with van der Waals surface area (Å²) in [7, 11) is 0. The average molecular weight is 505 g/mol. The van der Waals surface area contributed by atoms with E-state index in [9.17, 15) is 15.3 Å². The highest BCUT2D eigenvalue weighted by Gasteiger charge is 2.44. The van der Waals surface area contributed by atoms with E-state index < -0.39 is 31.1 Å². The number of imidazole rings is 1. The first-order valence-electron chi connectivity index (χ1n) is 12.3. The van der Waals surface area contributed by atoms with E-state index in [1.54, 1.807) is 4.57 Å². The van der Waals surface area contributed by atoms with Gasteiger partial charge in [-0.3, -0.25) is 4.57 Å². The highest BCUT2D eigenvalue weighted by Crippen LogP contribution is 2.33. The molecule has 194 valence electrons. The van der Waals surface area contributed by atoms with E-state index in [1.807, 2.05) is 0 Å². The van der Waals surface area contributed by atoms with Crippen LogP contribution in [0, 0.1) is 13.8 Å². The molecule has 0 saturated carbocycles. The summed E-state index contributed by atoms with van der Waals surface area (Å²) in [6.07, 6.45) is -2.86. The van der Waals surface area contributed by atoms with Crippen LogP contribution < -0.4 is 11.1 Å². The Morgan fingerprint density at radius 2 is 1.59 bits per heavy atom. The monoisotopic (exact) mass is 504 g/mol. The number of anilines is 1. The van der Waals surface area contributed by atoms with Crippen molar-refractivity contribution in [3.8, 4) is 0 Å². The lowest BCUT2D eigenvalue weighted by molar-refractivity contribution is -0.0511. The maximum absolute atomic E-state index is 10.5. The zero-order valence-corrected chi connectivity index (χ0v) is 20.8. The standard InChI is InChI=1S/C27H32N6O4/c1-15-3-7-17(8-4-15)19(18-9-5-16(2)6-10-18)12-29-25-22-26(32-21(11-28)31-25)33(14-30-22)27-24(36)23(35)20(13-34)37-27/h3-10,14,19-20,23-24,27,34-36H,11-13,28H2,1-2H3,(H,29,31,32). The van der Waals surface area contributed by atoms with Crippen LogP contribution in [0.5, 0.6) is 0 Å². The molecule has 0 radical (unpaired) electrons. The third kappa shape index (κ3) is 4.94. The van der Waals surface area contributed by atoms with Crippen molar-refractivity contribution in [3.63, 3.8) is 0 Å². The van der Waals surface area contributed by atoms with Gasteiger partial charge in [0.15, 0.2) is 23.2 Å². The van der Waals surface area contributed by atoms with Crippen molar-refractivity contribution >= 4 is 17.0 Å². The minimum absolute atomic E-state index is 0.0510. The summed E-state index contributed by atoms with van der Waals surface area (Å²) >= 11 is 0. The Balaban J connectivity index is 1.49. The molecule has 4 unspecified atom stereocenters. The quantitative estimate of drug-likeness (QED) is 0.242. The van der Waals surface area contributed by atoms with Crippen molar-refractivity contribution in [2.24, 2.45) is 5.73 Å². The van der Waals surface area contributed by atoms with Gasteiger partial charge in [-0.2, -0.15) is 0 Å². The van der Waals surface area contributed by atoms with Gasteiger partial charge in [-0.25, -0.2) is 15.0 Å². The SMILES string of the molecule is Cc1ccc(C(CNc2nc(CN)nc3c2ncn3C2OC(CO)C(O)C2O)c2ccc(C)cc2)cc1. The smallest absolute Gasteiger partial charge is 0.168 e. The lowest BCUT2D eigenvalue weighted by atomic mass is 9.90. The fourth-order valence-corrected chi connectivity index (χ4v) is 4.70. The minimum atomic E-state index is -1.25. The van der Waals surface area contributed by atoms with E-state index in [4.69, 9.17) is 10.5 Å². The second-order valence-corrected chi connectivity index (χ2v) is 9.50. The number of nitrogens with zero attached hydrogens (tertiary/aromatic N) is 4. The fraction of sp³-hybridized carbons (Fsp3) is 0.370. The van der Waals surface area contributed by atoms with Gasteiger partial charge in [0.05, 0.1) is 19.5 Å². The fourth-order valence-electron chi connectivity index (χ4n) is 4.70. The normalized spacial score (nSPS) is 21.7. The molecule has 10 heteroatoms. The molecule has 37 heavy (non-hydrogen) atoms. The van der Waals surface area contributed by atoms with Crippen molar-refractivity contribution in [3.05, 3.63) is 82.9 Å². The van der Waals surface area contributed by atoms with Crippen LogP contribution in [-0.4, -0.2) is 66.3 Å². The third-order valence-electron chi connectivity index (χ3n) is 6.87. The van der Waals surface area contributed by atoms with E-state index in [0.29, 0.717) is 29.4 Å². The first-order valence-corrected chi connectivity index (χ1v) is 12.3. The molecule has 0 bridgehead atoms. The molecule has 0 spiro atoms. The van der Waals surface area contributed by atoms with Gasteiger partial charge in [0.2, 0.25) is 0 Å². The van der Waals surface area contributed by atoms with Gasteiger partial charge < -0.3 is 31.1 Å². The van der Waals surface area contributed by atoms with Gasteiger partial charge in [-0.05, 0) is 25.0 Å². The molecule has 2 aromatic heterocycles. The second kappa shape index (κ2) is 10.5. The first kappa shape index (κ1) is 25.2. The van der Waals surface area contributed by atoms with Crippen LogP contribution in [0.2, 0.25) is 0 Å². The van der Waals surface area contributed by atoms with Crippen molar-refractivity contribution < 1.29 is 20.1 Å². The van der Waals surface area contributed by atoms with E-state index in [0.717, 1.165) is 0 Å². The molecule has 0 amide bonds. The maximum atomic E-state index is 10.5. The average Bonchev–Trinajstić information content (AvgIpc) is 3.46. The van der Waals surface area contributed by atoms with Gasteiger partial charge in [0.1, 0.15) is 24.1 Å². The summed E-state index contributed by atoms with van der Waals surface area (Å²) in [6, 6.07) is 17.0. The lowest BCUT2D eigenvalue weighted by Gasteiger charge is -2.20. The summed E-state index contributed by atoms with van der Waals surface area (Å²) in [5, 5.41) is 33.7. The van der Waals surface area contributed by atoms with Crippen LogP contribution >= 0.6 is 0 Å². The number of hydrogen-bond acceptors (Lipinski definition) is 9. The molecule has 5 rings (SSSR count). The Bertz CT molecular complexity index is 1310. The number of aliphatic hydroxyl groups excluding tert-OH is 3. The Kier molecular flexibility index (Phi) is 7.18. The van der Waals surface area contributed by atoms with Gasteiger partial charge in [-0.1, -0.05) is 59.7 Å². The van der Waals surface area contributed by atoms with Gasteiger partial charge in [0.25, 0.3) is 0 Å². The molecule has 1 aliphatic rings. The predicted octanol–water partition coefficient (Wildman–Crippen LogP) is 1.76. The summed E-state index contributed by atoms with van der Waals surface area (Å²) in [4.78, 5) is 13.6. The number of benzene rings is 2. The highest BCUT2D eigenvalue weighted by atomic mass is 16.6. The molecule has 6 N–H and O–H groups in total. The van der Waals surface area contributed by atoms with E-state index in [1.165, 1.54) is 28.6 Å². The molecule has 10 nitrogen and oxygen atoms in total. The van der Waals surface area contributed by atoms with Gasteiger partial charge >= 0.3 is 0 Å². The number of nitrogens with one attached hydrogen (secondary N) is 1. The summed E-state index contributed by atoms with van der Waals surface area (Å²) in [6.45, 7) is 4.36. The van der Waals surface area contributed by atoms with Crippen LogP contribution in [0.1, 0.15) is 40.2 Å². The lowest BCUT2D eigenvalue weighted by Crippen LogP contribution is -2.33. The Labute approximate surface area is 214 Å². The summed E-state index contributed by atoms with van der Waals surface area (Å²) in [5.74, 6) is 0.959. The zero-order valence-electron chi connectivity index (χ0n) is 20.8. The Morgan fingerprint density at radius 1 is 0.973 bits per heavy atom. The van der Waals surface area contributed by atoms with Crippen LogP contribution in [0.3, 0.4) is 0 Å². The molecule has 4 atom stereocenters. The summed E-state index contributed by atoms with van der Waals surface area (Å²) in [5.41, 5.74) is 11.5. The number of nitrogens with two attached hydrogens (primary N) is 1. The third-order valence-corrected chi connectivity index (χ3v) is 6.87. The number of hydrogen-bond donors (Lipinski definition) is 5. The van der Waals surface area contributed by atoms with E-state index in [-0.39, 0.29) is 12.5 Å². The van der Waals surface area contributed by atoms with Crippen LogP contribution in [0.4, 0.5) is 5.82 Å². The second-order valence-electron chi connectivity index (χ2n) is 9.50. The Hall–Kier alpha value is -3.41. The molecule has 1 aliphatic heterocycles. The Morgan fingerprint density at radius 3 is 2.14 bits per heavy atom. The van der Waals surface area contributed by atoms with Crippen molar-refractivity contribution in [2.45, 2.75) is 50.8 Å². The molecular weight excluding hydrogens is 472 g/mol. The highest BCUT2D eigenvalue weighted by molar-refractivity contribution is 5.83. The molecule has 2 aromatic carbocycles. The number of aliphatic hydroxyl groups is 3. The van der Waals surface area contributed by atoms with Crippen molar-refractivity contribution in [2.75, 3.05) is 18.5 Å². The van der Waals surface area contributed by atoms with E-state index in [2.05, 4.69) is 82.6 Å².